The number of H-pyrrole nitrogens is 1. The number of ether oxygens (including phenoxy) is 1. The van der Waals surface area contributed by atoms with E-state index in [2.05, 4.69) is 24.8 Å². The van der Waals surface area contributed by atoms with Gasteiger partial charge >= 0.3 is 0 Å². The number of piperidine rings is 1. The number of aromatic amines is 1. The number of carbonyl (C=O) groups excluding carboxylic acids is 1. The summed E-state index contributed by atoms with van der Waals surface area (Å²) in [6, 6.07) is 12.6. The van der Waals surface area contributed by atoms with Crippen LogP contribution in [0.25, 0.3) is 21.9 Å². The summed E-state index contributed by atoms with van der Waals surface area (Å²) in [4.78, 5) is 23.5. The van der Waals surface area contributed by atoms with E-state index in [1.165, 1.54) is 12.1 Å². The number of hydrogen-bond donors (Lipinski definition) is 1. The fourth-order valence-corrected chi connectivity index (χ4v) is 5.71. The monoisotopic (exact) mass is 505 g/mol. The number of anilines is 1. The van der Waals surface area contributed by atoms with Gasteiger partial charge in [0.15, 0.2) is 11.4 Å². The predicted molar refractivity (Wildman–Crippen MR) is 141 cm³/mol. The highest BCUT2D eigenvalue weighted by Gasteiger charge is 2.29. The quantitative estimate of drug-likeness (QED) is 0.411. The zero-order valence-electron chi connectivity index (χ0n) is 21.1. The maximum atomic E-state index is 13.5. The van der Waals surface area contributed by atoms with Crippen LogP contribution in [0.5, 0.6) is 5.75 Å². The van der Waals surface area contributed by atoms with Gasteiger partial charge in [-0.2, -0.15) is 0 Å². The van der Waals surface area contributed by atoms with Crippen molar-refractivity contribution in [3.05, 3.63) is 54.0 Å². The lowest BCUT2D eigenvalue weighted by Crippen LogP contribution is -2.49. The summed E-state index contributed by atoms with van der Waals surface area (Å²) < 4.78 is 24.2. The van der Waals surface area contributed by atoms with Gasteiger partial charge in [-0.15, -0.1) is 0 Å². The van der Waals surface area contributed by atoms with Crippen molar-refractivity contribution in [2.24, 2.45) is 0 Å². The van der Waals surface area contributed by atoms with Crippen molar-refractivity contribution in [3.8, 4) is 5.75 Å². The van der Waals surface area contributed by atoms with Gasteiger partial charge in [0.05, 0.1) is 12.5 Å². The third-order valence-electron chi connectivity index (χ3n) is 7.81. The highest BCUT2D eigenvalue weighted by atomic mass is 19.1. The van der Waals surface area contributed by atoms with E-state index in [9.17, 15) is 9.18 Å². The molecule has 0 spiro atoms. The lowest BCUT2D eigenvalue weighted by atomic mass is 9.98. The Morgan fingerprint density at radius 3 is 2.81 bits per heavy atom. The van der Waals surface area contributed by atoms with E-state index in [0.717, 1.165) is 92.8 Å². The number of carbonyl (C=O) groups is 1. The molecule has 1 amide bonds. The molecule has 2 aliphatic heterocycles. The third-order valence-corrected chi connectivity index (χ3v) is 7.81. The summed E-state index contributed by atoms with van der Waals surface area (Å²) in [6.07, 6.45) is 4.21. The van der Waals surface area contributed by atoms with Gasteiger partial charge in [-0.3, -0.25) is 9.69 Å². The Balaban J connectivity index is 1.07. The van der Waals surface area contributed by atoms with Crippen LogP contribution in [0, 0.1) is 5.82 Å². The molecule has 194 valence electrons. The number of rotatable bonds is 6. The highest BCUT2D eigenvalue weighted by molar-refractivity contribution is 5.98. The second kappa shape index (κ2) is 10.0. The molecule has 8 nitrogen and oxygen atoms in total. The maximum Gasteiger partial charge on any atom is 0.270 e. The van der Waals surface area contributed by atoms with Gasteiger partial charge in [0.25, 0.3) is 5.91 Å². The summed E-state index contributed by atoms with van der Waals surface area (Å²) in [6.45, 7) is 5.27. The minimum atomic E-state index is -0.319. The average molecular weight is 506 g/mol. The van der Waals surface area contributed by atoms with E-state index in [1.54, 1.807) is 13.2 Å². The number of hydrogen-bond acceptors (Lipinski definition) is 6. The Labute approximate surface area is 214 Å². The van der Waals surface area contributed by atoms with E-state index < -0.39 is 0 Å². The molecule has 2 aromatic carbocycles. The summed E-state index contributed by atoms with van der Waals surface area (Å²) in [5, 5.41) is 6.06. The average Bonchev–Trinajstić information content (AvgIpc) is 3.55. The van der Waals surface area contributed by atoms with Crippen molar-refractivity contribution >= 4 is 33.6 Å². The molecule has 4 heterocycles. The molecule has 0 radical (unpaired) electrons. The number of likely N-dealkylation sites (tertiary alicyclic amines) is 1. The number of nitrogens with zero attached hydrogens (tertiary/aromatic N) is 4. The number of methoxy groups -OCH3 is 1. The molecule has 0 aliphatic carbocycles. The second-order valence-electron chi connectivity index (χ2n) is 10.0. The predicted octanol–water partition coefficient (Wildman–Crippen LogP) is 4.66. The van der Waals surface area contributed by atoms with Crippen molar-refractivity contribution in [1.82, 2.24) is 19.9 Å². The minimum absolute atomic E-state index is 0.0824. The first kappa shape index (κ1) is 23.8. The Bertz CT molecular complexity index is 1410. The zero-order valence-corrected chi connectivity index (χ0v) is 21.1. The largest absolute Gasteiger partial charge is 0.497 e. The number of nitrogens with one attached hydrogen (secondary N) is 1. The number of amides is 1. The van der Waals surface area contributed by atoms with Gasteiger partial charge < -0.3 is 24.0 Å². The Hall–Kier alpha value is -3.59. The molecule has 2 aromatic heterocycles. The standard InChI is InChI=1S/C28H32FN5O3/c1-36-22-7-5-19-16-25(30-24(19)18-22)28(35)34-10-3-2-4-21(34)9-11-32-12-14-33(15-13-32)27-23-8-6-20(29)17-26(23)37-31-27/h5-8,16-18,21,30H,2-4,9-15H2,1H3/t21-/m0/s1. The highest BCUT2D eigenvalue weighted by Crippen LogP contribution is 2.28. The minimum Gasteiger partial charge on any atom is -0.497 e. The van der Waals surface area contributed by atoms with E-state index >= 15 is 0 Å². The molecule has 0 saturated carbocycles. The van der Waals surface area contributed by atoms with Crippen LogP contribution in [0.1, 0.15) is 36.2 Å². The zero-order chi connectivity index (χ0) is 25.4. The fraction of sp³-hybridized carbons (Fsp3) is 0.429. The van der Waals surface area contributed by atoms with Crippen LogP contribution in [-0.4, -0.2) is 78.3 Å². The summed E-state index contributed by atoms with van der Waals surface area (Å²) >= 11 is 0. The first-order valence-electron chi connectivity index (χ1n) is 13.1. The fourth-order valence-electron chi connectivity index (χ4n) is 5.71. The lowest BCUT2D eigenvalue weighted by Gasteiger charge is -2.39. The molecule has 2 aliphatic rings. The molecular formula is C28H32FN5O3. The van der Waals surface area contributed by atoms with Crippen LogP contribution < -0.4 is 9.64 Å². The number of aromatic nitrogens is 2. The molecule has 4 aromatic rings. The SMILES string of the molecule is COc1ccc2cc(C(=O)N3CCCC[C@H]3CCN3CCN(c4noc5cc(F)ccc45)CC3)[nH]c2c1. The van der Waals surface area contributed by atoms with Crippen LogP contribution in [0.3, 0.4) is 0 Å². The van der Waals surface area contributed by atoms with Crippen molar-refractivity contribution in [2.45, 2.75) is 31.7 Å². The first-order valence-corrected chi connectivity index (χ1v) is 13.1. The van der Waals surface area contributed by atoms with Crippen LogP contribution in [-0.2, 0) is 0 Å². The number of fused-ring (bicyclic) bond motifs is 2. The molecule has 2 saturated heterocycles. The van der Waals surface area contributed by atoms with Gasteiger partial charge in [-0.1, -0.05) is 5.16 Å². The van der Waals surface area contributed by atoms with E-state index in [4.69, 9.17) is 9.26 Å². The van der Waals surface area contributed by atoms with E-state index in [0.29, 0.717) is 11.3 Å². The van der Waals surface area contributed by atoms with Gasteiger partial charge in [0, 0.05) is 68.3 Å². The molecule has 1 N–H and O–H groups in total. The molecular weight excluding hydrogens is 473 g/mol. The van der Waals surface area contributed by atoms with Gasteiger partial charge in [0.2, 0.25) is 0 Å². The first-order chi connectivity index (χ1) is 18.1. The number of halogens is 1. The molecule has 1 atom stereocenters. The topological polar surface area (TPSA) is 77.8 Å². The molecule has 0 unspecified atom stereocenters. The Morgan fingerprint density at radius 2 is 1.97 bits per heavy atom. The molecule has 37 heavy (non-hydrogen) atoms. The molecule has 6 rings (SSSR count). The smallest absolute Gasteiger partial charge is 0.270 e. The summed E-state index contributed by atoms with van der Waals surface area (Å²) in [5.41, 5.74) is 2.04. The van der Waals surface area contributed by atoms with Gasteiger partial charge in [-0.25, -0.2) is 4.39 Å². The number of benzene rings is 2. The summed E-state index contributed by atoms with van der Waals surface area (Å²) in [7, 11) is 1.65. The van der Waals surface area contributed by atoms with Crippen LogP contribution in [0.4, 0.5) is 10.2 Å². The third kappa shape index (κ3) is 4.75. The van der Waals surface area contributed by atoms with E-state index in [-0.39, 0.29) is 17.8 Å². The second-order valence-corrected chi connectivity index (χ2v) is 10.0. The van der Waals surface area contributed by atoms with Crippen molar-refractivity contribution in [1.29, 1.82) is 0 Å². The Kier molecular flexibility index (Phi) is 6.46. The maximum absolute atomic E-state index is 13.5. The molecule has 2 fully saturated rings. The van der Waals surface area contributed by atoms with Crippen LogP contribution in [0.2, 0.25) is 0 Å². The lowest BCUT2D eigenvalue weighted by molar-refractivity contribution is 0.0577. The van der Waals surface area contributed by atoms with Crippen molar-refractivity contribution < 1.29 is 18.4 Å². The van der Waals surface area contributed by atoms with Gasteiger partial charge in [-0.05, 0) is 56.0 Å². The van der Waals surface area contributed by atoms with Crippen molar-refractivity contribution in [3.63, 3.8) is 0 Å². The Morgan fingerprint density at radius 1 is 1.11 bits per heavy atom. The van der Waals surface area contributed by atoms with Crippen LogP contribution >= 0.6 is 0 Å². The van der Waals surface area contributed by atoms with Crippen molar-refractivity contribution in [2.75, 3.05) is 51.3 Å². The molecule has 9 heteroatoms. The van der Waals surface area contributed by atoms with Crippen LogP contribution in [0.15, 0.2) is 47.0 Å². The van der Waals surface area contributed by atoms with E-state index in [1.807, 2.05) is 24.3 Å². The molecule has 0 bridgehead atoms. The normalized spacial score (nSPS) is 19.1. The summed E-state index contributed by atoms with van der Waals surface area (Å²) in [5.74, 6) is 1.32. The van der Waals surface area contributed by atoms with Gasteiger partial charge in [0.1, 0.15) is 17.3 Å². The number of piperazine rings is 1.